The van der Waals surface area contributed by atoms with Crippen LogP contribution in [0.25, 0.3) is 0 Å². The van der Waals surface area contributed by atoms with Gasteiger partial charge in [-0.3, -0.25) is 0 Å². The predicted octanol–water partition coefficient (Wildman–Crippen LogP) is 0.163. The molecule has 0 fully saturated rings. The van der Waals surface area contributed by atoms with Gasteiger partial charge in [-0.25, -0.2) is 9.97 Å². The first-order chi connectivity index (χ1) is 8.11. The Kier molecular flexibility index (Phi) is 5.65. The maximum Gasteiger partial charge on any atom is 0.131 e. The zero-order valence-corrected chi connectivity index (χ0v) is 10.7. The molecule has 0 bridgehead atoms. The van der Waals surface area contributed by atoms with Crippen LogP contribution in [-0.2, 0) is 0 Å². The molecule has 6 nitrogen and oxygen atoms in total. The lowest BCUT2D eigenvalue weighted by atomic mass is 10.4. The number of aliphatic hydroxyl groups excluding tert-OH is 1. The minimum absolute atomic E-state index is 0.0897. The smallest absolute Gasteiger partial charge is 0.131 e. The summed E-state index contributed by atoms with van der Waals surface area (Å²) in [5.74, 6) is 2.25. The number of aryl methyl sites for hydroxylation is 1. The molecule has 0 saturated heterocycles. The number of aromatic nitrogens is 2. The van der Waals surface area contributed by atoms with E-state index >= 15 is 0 Å². The van der Waals surface area contributed by atoms with Crippen LogP contribution in [0.1, 0.15) is 5.82 Å². The summed E-state index contributed by atoms with van der Waals surface area (Å²) in [4.78, 5) is 10.6. The van der Waals surface area contributed by atoms with Crippen molar-refractivity contribution in [1.82, 2.24) is 14.9 Å². The Labute approximate surface area is 102 Å². The first kappa shape index (κ1) is 13.7. The maximum absolute atomic E-state index is 8.74. The van der Waals surface area contributed by atoms with Crippen LogP contribution in [-0.4, -0.2) is 60.3 Å². The van der Waals surface area contributed by atoms with E-state index in [1.807, 2.05) is 27.1 Å². The van der Waals surface area contributed by atoms with Crippen molar-refractivity contribution in [1.29, 1.82) is 0 Å². The van der Waals surface area contributed by atoms with Crippen LogP contribution in [0.5, 0.6) is 0 Å². The summed E-state index contributed by atoms with van der Waals surface area (Å²) in [5.41, 5.74) is 0. The van der Waals surface area contributed by atoms with Gasteiger partial charge in [0, 0.05) is 25.7 Å². The highest BCUT2D eigenvalue weighted by Crippen LogP contribution is 2.10. The molecule has 0 atom stereocenters. The zero-order chi connectivity index (χ0) is 12.7. The van der Waals surface area contributed by atoms with Gasteiger partial charge in [0.25, 0.3) is 0 Å². The van der Waals surface area contributed by atoms with Gasteiger partial charge in [-0.1, -0.05) is 0 Å². The number of anilines is 2. The summed E-state index contributed by atoms with van der Waals surface area (Å²) in [6.45, 7) is 4.21. The van der Waals surface area contributed by atoms with Gasteiger partial charge in [0.2, 0.25) is 0 Å². The summed E-state index contributed by atoms with van der Waals surface area (Å²) < 4.78 is 0. The van der Waals surface area contributed by atoms with Gasteiger partial charge in [-0.15, -0.1) is 0 Å². The van der Waals surface area contributed by atoms with Crippen molar-refractivity contribution in [2.75, 3.05) is 51.0 Å². The lowest BCUT2D eigenvalue weighted by molar-refractivity contribution is 0.311. The second-order valence-corrected chi connectivity index (χ2v) is 4.07. The third-order valence-corrected chi connectivity index (χ3v) is 2.12. The molecule has 0 aliphatic rings. The Bertz CT molecular complexity index is 343. The molecule has 0 radical (unpaired) electrons. The van der Waals surface area contributed by atoms with Gasteiger partial charge in [0.15, 0.2) is 0 Å². The minimum atomic E-state index is 0.0897. The summed E-state index contributed by atoms with van der Waals surface area (Å²) >= 11 is 0. The van der Waals surface area contributed by atoms with Crippen molar-refractivity contribution in [3.63, 3.8) is 0 Å². The molecule has 1 heterocycles. The Morgan fingerprint density at radius 3 is 2.29 bits per heavy atom. The van der Waals surface area contributed by atoms with Crippen LogP contribution in [0.3, 0.4) is 0 Å². The molecular formula is C11H21N5O. The molecule has 0 aliphatic heterocycles. The van der Waals surface area contributed by atoms with E-state index in [1.54, 1.807) is 0 Å². The van der Waals surface area contributed by atoms with Crippen molar-refractivity contribution in [3.8, 4) is 0 Å². The third-order valence-electron chi connectivity index (χ3n) is 2.12. The fourth-order valence-electron chi connectivity index (χ4n) is 1.34. The molecule has 96 valence electrons. The molecule has 0 saturated carbocycles. The van der Waals surface area contributed by atoms with E-state index in [9.17, 15) is 0 Å². The standard InChI is InChI=1S/C11H21N5O/c1-9-14-10(12-4-6-16(2)3)8-11(15-9)13-5-7-17/h8,17H,4-7H2,1-3H3,(H2,12,13,14,15). The molecular weight excluding hydrogens is 218 g/mol. The Hall–Kier alpha value is -1.40. The maximum atomic E-state index is 8.74. The van der Waals surface area contributed by atoms with E-state index < -0.39 is 0 Å². The molecule has 3 N–H and O–H groups in total. The van der Waals surface area contributed by atoms with Crippen LogP contribution < -0.4 is 10.6 Å². The Balaban J connectivity index is 2.55. The normalized spacial score (nSPS) is 10.6. The van der Waals surface area contributed by atoms with Gasteiger partial charge in [-0.05, 0) is 21.0 Å². The fraction of sp³-hybridized carbons (Fsp3) is 0.636. The van der Waals surface area contributed by atoms with Gasteiger partial charge >= 0.3 is 0 Å². The number of likely N-dealkylation sites (N-methyl/N-ethyl adjacent to an activating group) is 1. The van der Waals surface area contributed by atoms with Gasteiger partial charge in [0.05, 0.1) is 6.61 Å². The van der Waals surface area contributed by atoms with Crippen LogP contribution >= 0.6 is 0 Å². The first-order valence-corrected chi connectivity index (χ1v) is 5.71. The topological polar surface area (TPSA) is 73.3 Å². The second-order valence-electron chi connectivity index (χ2n) is 4.07. The summed E-state index contributed by atoms with van der Waals surface area (Å²) in [7, 11) is 4.06. The quantitative estimate of drug-likeness (QED) is 0.629. The highest BCUT2D eigenvalue weighted by molar-refractivity contribution is 5.47. The van der Waals surface area contributed by atoms with Gasteiger partial charge < -0.3 is 20.6 Å². The minimum Gasteiger partial charge on any atom is -0.395 e. The third kappa shape index (κ3) is 5.46. The molecule has 17 heavy (non-hydrogen) atoms. The van der Waals surface area contributed by atoms with E-state index in [0.717, 1.165) is 24.7 Å². The molecule has 1 rings (SSSR count). The average molecular weight is 239 g/mol. The van der Waals surface area contributed by atoms with E-state index in [-0.39, 0.29) is 6.61 Å². The zero-order valence-electron chi connectivity index (χ0n) is 10.7. The molecule has 0 amide bonds. The highest BCUT2D eigenvalue weighted by atomic mass is 16.3. The molecule has 6 heteroatoms. The molecule has 0 spiro atoms. The first-order valence-electron chi connectivity index (χ1n) is 5.71. The monoisotopic (exact) mass is 239 g/mol. The van der Waals surface area contributed by atoms with Crippen molar-refractivity contribution < 1.29 is 5.11 Å². The summed E-state index contributed by atoms with van der Waals surface area (Å²) in [6.07, 6.45) is 0. The van der Waals surface area contributed by atoms with Crippen LogP contribution in [0.2, 0.25) is 0 Å². The van der Waals surface area contributed by atoms with Gasteiger partial charge in [-0.2, -0.15) is 0 Å². The molecule has 1 aromatic heterocycles. The summed E-state index contributed by atoms with van der Waals surface area (Å²) in [5, 5.41) is 15.0. The van der Waals surface area contributed by atoms with Gasteiger partial charge in [0.1, 0.15) is 17.5 Å². The van der Waals surface area contributed by atoms with Crippen LogP contribution in [0.15, 0.2) is 6.07 Å². The van der Waals surface area contributed by atoms with Crippen molar-refractivity contribution in [3.05, 3.63) is 11.9 Å². The van der Waals surface area contributed by atoms with Crippen molar-refractivity contribution in [2.45, 2.75) is 6.92 Å². The number of nitrogens with zero attached hydrogens (tertiary/aromatic N) is 3. The molecule has 0 unspecified atom stereocenters. The van der Waals surface area contributed by atoms with Crippen molar-refractivity contribution in [2.24, 2.45) is 0 Å². The van der Waals surface area contributed by atoms with E-state index in [1.165, 1.54) is 0 Å². The lowest BCUT2D eigenvalue weighted by Crippen LogP contribution is -2.21. The molecule has 1 aromatic rings. The Morgan fingerprint density at radius 2 is 1.76 bits per heavy atom. The number of hydrogen-bond donors (Lipinski definition) is 3. The summed E-state index contributed by atoms with van der Waals surface area (Å²) in [6, 6.07) is 1.85. The largest absolute Gasteiger partial charge is 0.395 e. The van der Waals surface area contributed by atoms with Crippen LogP contribution in [0, 0.1) is 6.92 Å². The molecule has 0 aromatic carbocycles. The number of rotatable bonds is 7. The van der Waals surface area contributed by atoms with Crippen molar-refractivity contribution >= 4 is 11.6 Å². The van der Waals surface area contributed by atoms with Crippen LogP contribution in [0.4, 0.5) is 11.6 Å². The van der Waals surface area contributed by atoms with E-state index in [0.29, 0.717) is 12.4 Å². The highest BCUT2D eigenvalue weighted by Gasteiger charge is 2.01. The van der Waals surface area contributed by atoms with E-state index in [2.05, 4.69) is 25.5 Å². The fourth-order valence-corrected chi connectivity index (χ4v) is 1.34. The number of nitrogens with one attached hydrogen (secondary N) is 2. The number of aliphatic hydroxyl groups is 1. The SMILES string of the molecule is Cc1nc(NCCO)cc(NCCN(C)C)n1. The number of hydrogen-bond acceptors (Lipinski definition) is 6. The Morgan fingerprint density at radius 1 is 1.18 bits per heavy atom. The average Bonchev–Trinajstić information content (AvgIpc) is 2.25. The lowest BCUT2D eigenvalue weighted by Gasteiger charge is -2.12. The predicted molar refractivity (Wildman–Crippen MR) is 69.4 cm³/mol. The molecule has 0 aliphatic carbocycles. The second kappa shape index (κ2) is 7.03. The van der Waals surface area contributed by atoms with E-state index in [4.69, 9.17) is 5.11 Å².